The van der Waals surface area contributed by atoms with Gasteiger partial charge >= 0.3 is 0 Å². The fraction of sp³-hybridized carbons (Fsp3) is 0.464. The lowest BCUT2D eigenvalue weighted by Gasteiger charge is -2.43. The molecule has 0 bridgehead atoms. The van der Waals surface area contributed by atoms with Gasteiger partial charge in [-0.15, -0.1) is 0 Å². The number of rotatable bonds is 8. The van der Waals surface area contributed by atoms with Gasteiger partial charge < -0.3 is 25.4 Å². The van der Waals surface area contributed by atoms with E-state index in [0.29, 0.717) is 30.6 Å². The molecule has 2 heterocycles. The molecule has 3 unspecified atom stereocenters. The molecule has 0 radical (unpaired) electrons. The first-order chi connectivity index (χ1) is 18.2. The van der Waals surface area contributed by atoms with Gasteiger partial charge in [0.15, 0.2) is 17.3 Å². The third-order valence-electron chi connectivity index (χ3n) is 7.28. The molecule has 3 atom stereocenters. The van der Waals surface area contributed by atoms with Crippen LogP contribution in [0, 0.1) is 11.6 Å². The van der Waals surface area contributed by atoms with E-state index in [1.165, 1.54) is 26.4 Å². The highest BCUT2D eigenvalue weighted by Gasteiger charge is 2.37. The van der Waals surface area contributed by atoms with Crippen LogP contribution in [0.2, 0.25) is 0 Å². The van der Waals surface area contributed by atoms with Crippen molar-refractivity contribution in [3.8, 4) is 11.5 Å². The van der Waals surface area contributed by atoms with Crippen molar-refractivity contribution in [1.82, 2.24) is 20.2 Å². The van der Waals surface area contributed by atoms with Gasteiger partial charge in [0.1, 0.15) is 23.0 Å². The molecule has 8 nitrogen and oxygen atoms in total. The van der Waals surface area contributed by atoms with Gasteiger partial charge in [0.25, 0.3) is 0 Å². The first kappa shape index (κ1) is 27.5. The molecule has 3 aromatic rings. The topological polar surface area (TPSA) is 103 Å². The average molecular weight is 528 g/mol. The van der Waals surface area contributed by atoms with Crippen molar-refractivity contribution in [2.75, 3.05) is 26.5 Å². The van der Waals surface area contributed by atoms with Gasteiger partial charge in [-0.1, -0.05) is 19.1 Å². The van der Waals surface area contributed by atoms with E-state index < -0.39 is 5.82 Å². The number of fused-ring (bicyclic) bond motifs is 1. The fourth-order valence-corrected chi connectivity index (χ4v) is 5.56. The molecule has 1 aromatic heterocycles. The zero-order valence-electron chi connectivity index (χ0n) is 22.4. The van der Waals surface area contributed by atoms with E-state index in [2.05, 4.69) is 15.3 Å². The van der Waals surface area contributed by atoms with E-state index in [9.17, 15) is 9.18 Å². The first-order valence-electron chi connectivity index (χ1n) is 12.9. The summed E-state index contributed by atoms with van der Waals surface area (Å²) >= 11 is 0. The first-order valence-corrected chi connectivity index (χ1v) is 12.9. The number of methoxy groups -OCH3 is 2. The van der Waals surface area contributed by atoms with Crippen molar-refractivity contribution in [2.24, 2.45) is 0 Å². The molecule has 0 aliphatic carbocycles. The second kappa shape index (κ2) is 11.5. The van der Waals surface area contributed by atoms with E-state index in [-0.39, 0.29) is 65.0 Å². The van der Waals surface area contributed by atoms with E-state index in [0.717, 1.165) is 5.56 Å². The Kier molecular flexibility index (Phi) is 8.30. The second-order valence-corrected chi connectivity index (χ2v) is 9.82. The molecule has 2 aromatic carbocycles. The lowest BCUT2D eigenvalue weighted by molar-refractivity contribution is -0.138. The standard InChI is InChI=1S/C28H35F2N5O3/c1-6-32-21(17-7-9-19(29)10-8-17)14-23(36)35-15(2)11-18(12-16(35)3)28-33-25-20(27(31)34-28)13-22(37-4)26(38-5)24(25)30/h7-10,13,15-16,18,21,32H,6,11-12,14H2,1-5H3,(H2,31,33,34). The zero-order chi connectivity index (χ0) is 27.6. The van der Waals surface area contributed by atoms with Crippen LogP contribution in [0.4, 0.5) is 14.6 Å². The minimum absolute atomic E-state index is 0.0144. The van der Waals surface area contributed by atoms with Gasteiger partial charge in [-0.2, -0.15) is 0 Å². The van der Waals surface area contributed by atoms with Gasteiger partial charge in [-0.05, 0) is 57.0 Å². The van der Waals surface area contributed by atoms with Crippen LogP contribution >= 0.6 is 0 Å². The summed E-state index contributed by atoms with van der Waals surface area (Å²) in [5.74, 6) is -0.269. The SMILES string of the molecule is CCNC(CC(=O)N1C(C)CC(c2nc(N)c3cc(OC)c(OC)c(F)c3n2)CC1C)c1ccc(F)cc1. The van der Waals surface area contributed by atoms with Gasteiger partial charge in [0.2, 0.25) is 5.91 Å². The van der Waals surface area contributed by atoms with Crippen molar-refractivity contribution < 1.29 is 23.0 Å². The van der Waals surface area contributed by atoms with Crippen molar-refractivity contribution in [1.29, 1.82) is 0 Å². The smallest absolute Gasteiger partial charge is 0.224 e. The Morgan fingerprint density at radius 3 is 2.37 bits per heavy atom. The number of ether oxygens (including phenoxy) is 2. The van der Waals surface area contributed by atoms with Crippen LogP contribution in [-0.2, 0) is 4.79 Å². The fourth-order valence-electron chi connectivity index (χ4n) is 5.56. The van der Waals surface area contributed by atoms with E-state index in [1.54, 1.807) is 18.2 Å². The highest BCUT2D eigenvalue weighted by atomic mass is 19.1. The van der Waals surface area contributed by atoms with E-state index >= 15 is 4.39 Å². The molecule has 1 amide bonds. The number of carbonyl (C=O) groups is 1. The molecular formula is C28H35F2N5O3. The number of hydrogen-bond donors (Lipinski definition) is 2. The number of amides is 1. The Morgan fingerprint density at radius 1 is 1.13 bits per heavy atom. The van der Waals surface area contributed by atoms with Crippen LogP contribution in [0.15, 0.2) is 30.3 Å². The largest absolute Gasteiger partial charge is 0.493 e. The Hall–Kier alpha value is -3.53. The van der Waals surface area contributed by atoms with Crippen LogP contribution in [-0.4, -0.2) is 53.6 Å². The quantitative estimate of drug-likeness (QED) is 0.437. The molecule has 1 aliphatic heterocycles. The molecule has 1 fully saturated rings. The maximum Gasteiger partial charge on any atom is 0.224 e. The van der Waals surface area contributed by atoms with E-state index in [1.807, 2.05) is 25.7 Å². The number of anilines is 1. The summed E-state index contributed by atoms with van der Waals surface area (Å²) in [6.45, 7) is 6.65. The average Bonchev–Trinajstić information content (AvgIpc) is 2.88. The van der Waals surface area contributed by atoms with Crippen LogP contribution in [0.3, 0.4) is 0 Å². The number of carbonyl (C=O) groups excluding carboxylic acids is 1. The van der Waals surface area contributed by atoms with Crippen molar-refractivity contribution in [3.63, 3.8) is 0 Å². The van der Waals surface area contributed by atoms with Gasteiger partial charge in [0.05, 0.1) is 14.2 Å². The number of benzene rings is 2. The Bertz CT molecular complexity index is 1290. The summed E-state index contributed by atoms with van der Waals surface area (Å²) in [6.07, 6.45) is 1.47. The maximum absolute atomic E-state index is 15.3. The van der Waals surface area contributed by atoms with Gasteiger partial charge in [-0.25, -0.2) is 18.7 Å². The number of nitrogens with one attached hydrogen (secondary N) is 1. The van der Waals surface area contributed by atoms with Crippen LogP contribution in [0.1, 0.15) is 63.4 Å². The predicted octanol–water partition coefficient (Wildman–Crippen LogP) is 4.73. The summed E-state index contributed by atoms with van der Waals surface area (Å²) < 4.78 is 39.1. The number of likely N-dealkylation sites (tertiary alicyclic amines) is 1. The maximum atomic E-state index is 15.3. The minimum Gasteiger partial charge on any atom is -0.493 e. The summed E-state index contributed by atoms with van der Waals surface area (Å²) in [5, 5.41) is 3.69. The monoisotopic (exact) mass is 527 g/mol. The van der Waals surface area contributed by atoms with Crippen molar-refractivity contribution >= 4 is 22.6 Å². The summed E-state index contributed by atoms with van der Waals surface area (Å²) in [4.78, 5) is 24.5. The second-order valence-electron chi connectivity index (χ2n) is 9.82. The molecule has 10 heteroatoms. The molecule has 3 N–H and O–H groups in total. The summed E-state index contributed by atoms with van der Waals surface area (Å²) in [6, 6.07) is 7.40. The third kappa shape index (κ3) is 5.36. The molecule has 204 valence electrons. The number of nitrogen functional groups attached to an aromatic ring is 1. The molecular weight excluding hydrogens is 492 g/mol. The lowest BCUT2D eigenvalue weighted by atomic mass is 9.85. The van der Waals surface area contributed by atoms with E-state index in [4.69, 9.17) is 15.2 Å². The molecule has 4 rings (SSSR count). The molecule has 0 saturated carbocycles. The van der Waals surface area contributed by atoms with Crippen molar-refractivity contribution in [2.45, 2.75) is 64.1 Å². The molecule has 0 spiro atoms. The highest BCUT2D eigenvalue weighted by molar-refractivity contribution is 5.91. The number of nitrogens with zero attached hydrogens (tertiary/aromatic N) is 3. The molecule has 38 heavy (non-hydrogen) atoms. The van der Waals surface area contributed by atoms with Crippen LogP contribution in [0.25, 0.3) is 10.9 Å². The molecule has 1 saturated heterocycles. The Morgan fingerprint density at radius 2 is 1.79 bits per heavy atom. The number of piperidine rings is 1. The minimum atomic E-state index is -0.652. The number of halogens is 2. The predicted molar refractivity (Wildman–Crippen MR) is 142 cm³/mol. The lowest BCUT2D eigenvalue weighted by Crippen LogP contribution is -2.50. The van der Waals surface area contributed by atoms with Gasteiger partial charge in [0, 0.05) is 35.9 Å². The van der Waals surface area contributed by atoms with Gasteiger partial charge in [-0.3, -0.25) is 4.79 Å². The van der Waals surface area contributed by atoms with Crippen molar-refractivity contribution in [3.05, 3.63) is 53.4 Å². The summed E-state index contributed by atoms with van der Waals surface area (Å²) in [5.41, 5.74) is 7.18. The zero-order valence-corrected chi connectivity index (χ0v) is 22.4. The number of aromatic nitrogens is 2. The third-order valence-corrected chi connectivity index (χ3v) is 7.28. The number of hydrogen-bond acceptors (Lipinski definition) is 7. The summed E-state index contributed by atoms with van der Waals surface area (Å²) in [7, 11) is 2.79. The number of nitrogens with two attached hydrogens (primary N) is 1. The molecule has 1 aliphatic rings. The Balaban J connectivity index is 1.56. The van der Waals surface area contributed by atoms with Crippen LogP contribution in [0.5, 0.6) is 11.5 Å². The Labute approximate surface area is 221 Å². The normalized spacial score (nSPS) is 20.4. The highest BCUT2D eigenvalue weighted by Crippen LogP contribution is 2.40. The van der Waals surface area contributed by atoms with Crippen LogP contribution < -0.4 is 20.5 Å².